The fraction of sp³-hybridized carbons (Fsp3) is 0.200. The Kier molecular flexibility index (Phi) is 14.6. The summed E-state index contributed by atoms with van der Waals surface area (Å²) in [6, 6.07) is 29.6. The Bertz CT molecular complexity index is 2340. The molecule has 4 aliphatic heterocycles. The summed E-state index contributed by atoms with van der Waals surface area (Å²) in [4.78, 5) is 78.8. The Balaban J connectivity index is 0.000000175. The van der Waals surface area contributed by atoms with Crippen molar-refractivity contribution in [3.8, 4) is 22.8 Å². The number of aromatic nitrogens is 4. The third kappa shape index (κ3) is 9.88. The number of morpholine rings is 1. The standard InChI is InChI=1S/C25H24N5O5.2C10H8N2.ClH.Os/c31-22-16-1-3-18-21-19(25(34)30(24(18)33)10-8-28-6-5-26-15-28)4-2-17(20(16)21)23(32)29(22)9-7-27-11-13-35-14-12-27;2*1-3-7-11-9(5-1)10-6-2-4-8-12-10;;/h1-6H,7-15H2;2*1-8H;1H;/q+1;;;;+1/p-1. The summed E-state index contributed by atoms with van der Waals surface area (Å²) in [5.41, 5.74) is 5.03. The quantitative estimate of drug-likeness (QED) is 0.142. The van der Waals surface area contributed by atoms with Gasteiger partial charge >= 0.3 is 27.2 Å². The molecule has 309 valence electrons. The molecule has 14 nitrogen and oxygen atoms in total. The van der Waals surface area contributed by atoms with Gasteiger partial charge < -0.3 is 4.74 Å². The maximum atomic E-state index is 13.4. The number of ether oxygens (including phenoxy) is 1. The summed E-state index contributed by atoms with van der Waals surface area (Å²) in [7, 11) is 4.67. The molecule has 0 N–H and O–H groups in total. The summed E-state index contributed by atoms with van der Waals surface area (Å²) in [6.07, 6.45) is 10.6. The minimum atomic E-state index is -0.416. The molecule has 8 heterocycles. The van der Waals surface area contributed by atoms with E-state index in [2.05, 4.69) is 39.5 Å². The minimum Gasteiger partial charge on any atom is -0.255 e. The third-order valence-corrected chi connectivity index (χ3v) is 10.2. The Morgan fingerprint density at radius 2 is 0.934 bits per heavy atom. The molecule has 61 heavy (non-hydrogen) atoms. The molecular weight excluding hydrogens is 972 g/mol. The van der Waals surface area contributed by atoms with E-state index in [0.717, 1.165) is 35.9 Å². The van der Waals surface area contributed by atoms with Gasteiger partial charge in [-0.05, 0) is 72.8 Å². The number of hydrogen-bond acceptors (Lipinski definition) is 11. The number of hydrogen-bond donors (Lipinski definition) is 0. The van der Waals surface area contributed by atoms with Crippen molar-refractivity contribution in [2.45, 2.75) is 0 Å². The summed E-state index contributed by atoms with van der Waals surface area (Å²) in [5.74, 6) is -1.63. The number of carbonyl (C=O) groups excluding carboxylic acids is 4. The maximum Gasteiger partial charge on any atom is 0.0886 e. The van der Waals surface area contributed by atoms with E-state index in [9.17, 15) is 19.2 Å². The van der Waals surface area contributed by atoms with E-state index in [-0.39, 0.29) is 13.1 Å². The monoisotopic (exact) mass is 1010 g/mol. The third-order valence-electron chi connectivity index (χ3n) is 10.2. The van der Waals surface area contributed by atoms with Crippen molar-refractivity contribution in [1.29, 1.82) is 0 Å². The maximum absolute atomic E-state index is 13.4. The van der Waals surface area contributed by atoms with Crippen LogP contribution in [0.2, 0.25) is 0 Å². The molecule has 0 atom stereocenters. The molecule has 0 aliphatic carbocycles. The van der Waals surface area contributed by atoms with Gasteiger partial charge in [-0.15, -0.1) is 0 Å². The zero-order valence-corrected chi connectivity index (χ0v) is 36.2. The van der Waals surface area contributed by atoms with Gasteiger partial charge in [0.1, 0.15) is 0 Å². The first-order valence-electron chi connectivity index (χ1n) is 19.5. The summed E-state index contributed by atoms with van der Waals surface area (Å²) >= 11 is 1.33. The van der Waals surface area contributed by atoms with Crippen molar-refractivity contribution in [3.05, 3.63) is 144 Å². The molecule has 16 heteroatoms. The van der Waals surface area contributed by atoms with Crippen LogP contribution >= 0.6 is 9.64 Å². The van der Waals surface area contributed by atoms with E-state index < -0.39 is 23.6 Å². The van der Waals surface area contributed by atoms with Gasteiger partial charge in [-0.1, -0.05) is 24.3 Å². The van der Waals surface area contributed by atoms with Crippen LogP contribution in [0.25, 0.3) is 33.5 Å². The van der Waals surface area contributed by atoms with Crippen molar-refractivity contribution < 1.29 is 46.1 Å². The fourth-order valence-electron chi connectivity index (χ4n) is 7.22. The van der Waals surface area contributed by atoms with Gasteiger partial charge in [0.05, 0.1) is 48.7 Å². The normalized spacial score (nSPS) is 15.3. The number of benzene rings is 2. The largest absolute Gasteiger partial charge is 0.255 e. The molecule has 10 rings (SSSR count). The summed E-state index contributed by atoms with van der Waals surface area (Å²) in [6.45, 7) is 4.83. The minimum absolute atomic E-state index is 0.217. The van der Waals surface area contributed by atoms with E-state index in [0.29, 0.717) is 66.0 Å². The summed E-state index contributed by atoms with van der Waals surface area (Å²) in [5, 5.41) is 0.803. The average Bonchev–Trinajstić information content (AvgIpc) is 3.86. The second kappa shape index (κ2) is 20.8. The van der Waals surface area contributed by atoms with Gasteiger partial charge in [0.15, 0.2) is 12.8 Å². The molecule has 4 aliphatic rings. The molecule has 4 amide bonds. The van der Waals surface area contributed by atoms with Gasteiger partial charge in [-0.3, -0.25) is 53.8 Å². The first-order chi connectivity index (χ1) is 30.0. The van der Waals surface area contributed by atoms with Gasteiger partial charge in [-0.25, -0.2) is 9.57 Å². The molecule has 0 unspecified atom stereocenters. The molecule has 0 saturated carbocycles. The van der Waals surface area contributed by atoms with Crippen molar-refractivity contribution in [2.75, 3.05) is 59.2 Å². The second-order valence-corrected chi connectivity index (χ2v) is 13.8. The summed E-state index contributed by atoms with van der Waals surface area (Å²) < 4.78 is 7.28. The van der Waals surface area contributed by atoms with Gasteiger partial charge in [0.25, 0.3) is 23.6 Å². The molecule has 1 saturated heterocycles. The topological polar surface area (TPSA) is 154 Å². The van der Waals surface area contributed by atoms with Crippen molar-refractivity contribution in [1.82, 2.24) is 34.6 Å². The van der Waals surface area contributed by atoms with E-state index in [1.165, 1.54) is 27.4 Å². The average molecular weight is 1010 g/mol. The molecule has 2 aromatic carbocycles. The number of rotatable bonds is 8. The molecule has 0 spiro atoms. The van der Waals surface area contributed by atoms with Crippen LogP contribution in [0.5, 0.6) is 0 Å². The smallest absolute Gasteiger partial charge is 0.0886 e. The van der Waals surface area contributed by atoms with Crippen molar-refractivity contribution in [3.63, 3.8) is 0 Å². The van der Waals surface area contributed by atoms with E-state index in [1.54, 1.807) is 55.3 Å². The number of pyridine rings is 4. The van der Waals surface area contributed by atoms with E-state index in [1.807, 2.05) is 83.6 Å². The zero-order chi connectivity index (χ0) is 42.6. The van der Waals surface area contributed by atoms with Crippen LogP contribution in [-0.2, 0) is 22.3 Å². The Hall–Kier alpha value is -6.23. The number of aliphatic imine (C=N–C) groups is 1. The van der Waals surface area contributed by atoms with E-state index in [4.69, 9.17) is 4.74 Å². The van der Waals surface area contributed by atoms with Crippen LogP contribution in [-0.4, -0.2) is 134 Å². The fourth-order valence-corrected chi connectivity index (χ4v) is 7.22. The van der Waals surface area contributed by atoms with Crippen LogP contribution in [0.4, 0.5) is 0 Å². The predicted octanol–water partition coefficient (Wildman–Crippen LogP) is 5.46. The number of carbonyl (C=O) groups is 4. The first kappa shape index (κ1) is 42.9. The Morgan fingerprint density at radius 3 is 1.28 bits per heavy atom. The molecule has 6 aromatic rings. The van der Waals surface area contributed by atoms with Gasteiger partial charge in [0.2, 0.25) is 6.67 Å². The van der Waals surface area contributed by atoms with Gasteiger partial charge in [0, 0.05) is 84.0 Å². The number of amides is 4. The number of halogens is 1. The molecular formula is C45H40ClN9O5Os+. The van der Waals surface area contributed by atoms with Gasteiger partial charge in [-0.2, -0.15) is 0 Å². The Labute approximate surface area is 366 Å². The van der Waals surface area contributed by atoms with E-state index >= 15 is 0 Å². The van der Waals surface area contributed by atoms with Crippen molar-refractivity contribution >= 4 is 56.5 Å². The zero-order valence-electron chi connectivity index (χ0n) is 32.9. The number of imide groups is 2. The van der Waals surface area contributed by atoms with Crippen LogP contribution < -0.4 is 0 Å². The van der Waals surface area contributed by atoms with Crippen LogP contribution in [0.1, 0.15) is 41.4 Å². The SMILES string of the molecule is O=C1c2ccc3c4c(ccc(c24)C(=O)N1CCN1CCOCC1)C(=O)N(CC[N+]1=CC=NC1)C3=O.[Cl][Os].c1ccc(-c2ccccn2)nc1.c1ccc(-c2ccccn2)nc1. The molecule has 0 bridgehead atoms. The second-order valence-electron chi connectivity index (χ2n) is 13.8. The number of nitrogens with zero attached hydrogens (tertiary/aromatic N) is 9. The molecule has 1 fully saturated rings. The van der Waals surface area contributed by atoms with Crippen LogP contribution in [0.3, 0.4) is 0 Å². The predicted molar refractivity (Wildman–Crippen MR) is 227 cm³/mol. The molecule has 4 aromatic heterocycles. The van der Waals surface area contributed by atoms with Crippen molar-refractivity contribution in [2.24, 2.45) is 4.99 Å². The van der Waals surface area contributed by atoms with Crippen LogP contribution in [0.15, 0.2) is 127 Å². The Morgan fingerprint density at radius 1 is 0.541 bits per heavy atom. The first-order valence-corrected chi connectivity index (χ1v) is 22.6. The molecule has 0 radical (unpaired) electrons. The van der Waals surface area contributed by atoms with Crippen LogP contribution in [0, 0.1) is 0 Å².